The number of methoxy groups -OCH3 is 2. The number of alkyl carbamates (subject to hydrolysis) is 1. The number of allylic oxidation sites excluding steroid dienone is 3. The number of anilines is 1. The number of rotatable bonds is 16. The van der Waals surface area contributed by atoms with Gasteiger partial charge < -0.3 is 48.1 Å². The first kappa shape index (κ1) is 49.0. The van der Waals surface area contributed by atoms with Crippen molar-refractivity contribution < 1.29 is 57.4 Å². The van der Waals surface area contributed by atoms with Gasteiger partial charge in [0.05, 0.1) is 51.7 Å². The van der Waals surface area contributed by atoms with Crippen molar-refractivity contribution in [1.82, 2.24) is 10.2 Å². The molecule has 3 aliphatic heterocycles. The van der Waals surface area contributed by atoms with Crippen molar-refractivity contribution >= 4 is 75.5 Å². The standard InChI is InChI=1S/C41H59ClIN3O12S/c1-25-10-9-11-32(53-8)41(51)24-31(56-39(50)44-41)26(2)37-40(4,58-37)33(23-35(48)46(6)29-21-28(20-25)22-30(52-7)36(29)42)57-38(49)27(3)45(5)34(47)12-18-59-19-17-55-16-15-54-14-13-43/h9-11,21-22,26-27,31-33,37,51H,12-20,23-24H2,1-8H3,(H,44,50)/b11-9+,25-10+/t26-,27+,31+,32-,33+,37+,40+,41+/m1/s1. The van der Waals surface area contributed by atoms with E-state index in [-0.39, 0.29) is 30.2 Å². The van der Waals surface area contributed by atoms with Crippen molar-refractivity contribution in [3.63, 3.8) is 0 Å². The van der Waals surface area contributed by atoms with Crippen molar-refractivity contribution in [1.29, 1.82) is 0 Å². The van der Waals surface area contributed by atoms with Gasteiger partial charge >= 0.3 is 12.1 Å². The lowest BCUT2D eigenvalue weighted by Crippen LogP contribution is -2.63. The van der Waals surface area contributed by atoms with Crippen LogP contribution in [0.5, 0.6) is 5.75 Å². The number of ether oxygens (including phenoxy) is 7. The van der Waals surface area contributed by atoms with Crippen LogP contribution in [0.3, 0.4) is 0 Å². The fraction of sp³-hybridized carbons (Fsp3) is 0.659. The van der Waals surface area contributed by atoms with Gasteiger partial charge in [-0.25, -0.2) is 9.59 Å². The van der Waals surface area contributed by atoms with Gasteiger partial charge in [-0.05, 0) is 44.9 Å². The number of carbonyl (C=O) groups is 4. The molecule has 330 valence electrons. The van der Waals surface area contributed by atoms with Crippen LogP contribution in [0.2, 0.25) is 5.02 Å². The van der Waals surface area contributed by atoms with Crippen LogP contribution in [0.1, 0.15) is 52.5 Å². The molecular formula is C41H59ClIN3O12S. The number of esters is 1. The highest BCUT2D eigenvalue weighted by Gasteiger charge is 2.64. The number of thioether (sulfide) groups is 1. The smallest absolute Gasteiger partial charge is 0.409 e. The minimum atomic E-state index is -1.83. The molecule has 1 aromatic carbocycles. The molecule has 2 fully saturated rings. The third kappa shape index (κ3) is 12.9. The number of likely N-dealkylation sites (N-methyl/N-ethyl adjacent to an activating group) is 1. The summed E-state index contributed by atoms with van der Waals surface area (Å²) in [5.41, 5.74) is -0.938. The van der Waals surface area contributed by atoms with E-state index in [1.54, 1.807) is 63.9 Å². The normalized spacial score (nSPS) is 29.2. The number of nitrogens with zero attached hydrogens (tertiary/aromatic N) is 2. The second-order valence-corrected chi connectivity index (χ2v) is 17.9. The van der Waals surface area contributed by atoms with E-state index in [0.717, 1.165) is 15.6 Å². The summed E-state index contributed by atoms with van der Waals surface area (Å²) in [6, 6.07) is 2.60. The quantitative estimate of drug-likeness (QED) is 0.0737. The average molecular weight is 980 g/mol. The van der Waals surface area contributed by atoms with E-state index in [1.165, 1.54) is 31.1 Å². The Labute approximate surface area is 370 Å². The van der Waals surface area contributed by atoms with Crippen LogP contribution >= 0.6 is 46.0 Å². The molecule has 0 aliphatic carbocycles. The zero-order chi connectivity index (χ0) is 43.5. The molecule has 59 heavy (non-hydrogen) atoms. The second kappa shape index (κ2) is 22.4. The Hall–Kier alpha value is -2.65. The largest absolute Gasteiger partial charge is 0.495 e. The van der Waals surface area contributed by atoms with Crippen molar-refractivity contribution in [3.05, 3.63) is 46.5 Å². The summed E-state index contributed by atoms with van der Waals surface area (Å²) in [5.74, 6) is -0.324. The number of fused-ring (bicyclic) bond motifs is 5. The van der Waals surface area contributed by atoms with Crippen molar-refractivity contribution in [2.24, 2.45) is 5.92 Å². The van der Waals surface area contributed by atoms with E-state index in [1.807, 2.05) is 13.0 Å². The minimum Gasteiger partial charge on any atom is -0.495 e. The maximum absolute atomic E-state index is 14.2. The van der Waals surface area contributed by atoms with E-state index < -0.39 is 65.7 Å². The summed E-state index contributed by atoms with van der Waals surface area (Å²) in [5, 5.41) is 14.5. The maximum Gasteiger partial charge on any atom is 0.409 e. The Morgan fingerprint density at radius 3 is 2.56 bits per heavy atom. The van der Waals surface area contributed by atoms with Crippen LogP contribution < -0.4 is 15.0 Å². The van der Waals surface area contributed by atoms with Gasteiger partial charge in [0.2, 0.25) is 11.8 Å². The molecule has 2 N–H and O–H groups in total. The highest BCUT2D eigenvalue weighted by atomic mass is 127. The Kier molecular flexibility index (Phi) is 18.6. The monoisotopic (exact) mass is 979 g/mol. The van der Waals surface area contributed by atoms with Gasteiger partial charge in [0.15, 0.2) is 5.72 Å². The fourth-order valence-electron chi connectivity index (χ4n) is 7.15. The lowest BCUT2D eigenvalue weighted by atomic mass is 9.83. The summed E-state index contributed by atoms with van der Waals surface area (Å²) < 4.78 is 41.2. The van der Waals surface area contributed by atoms with Crippen LogP contribution in [0.4, 0.5) is 10.5 Å². The molecule has 0 saturated carbocycles. The third-order valence-electron chi connectivity index (χ3n) is 11.0. The first-order valence-corrected chi connectivity index (χ1v) is 22.7. The lowest BCUT2D eigenvalue weighted by Gasteiger charge is -2.42. The molecular weight excluding hydrogens is 921 g/mol. The zero-order valence-electron chi connectivity index (χ0n) is 35.1. The Morgan fingerprint density at radius 2 is 1.88 bits per heavy atom. The molecule has 4 bridgehead atoms. The van der Waals surface area contributed by atoms with Crippen molar-refractivity contribution in [3.8, 4) is 5.75 Å². The number of aliphatic hydroxyl groups is 1. The minimum absolute atomic E-state index is 0.0549. The molecule has 3 amide bonds. The lowest BCUT2D eigenvalue weighted by molar-refractivity contribution is -0.162. The first-order chi connectivity index (χ1) is 28.0. The average Bonchev–Trinajstić information content (AvgIpc) is 3.90. The number of epoxide rings is 1. The molecule has 18 heteroatoms. The summed E-state index contributed by atoms with van der Waals surface area (Å²) in [6.45, 7) is 9.31. The van der Waals surface area contributed by atoms with Crippen LogP contribution in [0.15, 0.2) is 35.9 Å². The van der Waals surface area contributed by atoms with Gasteiger partial charge in [-0.15, -0.1) is 0 Å². The predicted molar refractivity (Wildman–Crippen MR) is 233 cm³/mol. The van der Waals surface area contributed by atoms with Crippen LogP contribution in [0, 0.1) is 5.92 Å². The molecule has 0 unspecified atom stereocenters. The maximum atomic E-state index is 14.2. The summed E-state index contributed by atoms with van der Waals surface area (Å²) >= 11 is 10.6. The second-order valence-electron chi connectivity index (χ2n) is 15.2. The molecule has 3 aliphatic rings. The van der Waals surface area contributed by atoms with Gasteiger partial charge in [0.25, 0.3) is 0 Å². The summed E-state index contributed by atoms with van der Waals surface area (Å²) in [4.78, 5) is 56.9. The van der Waals surface area contributed by atoms with Gasteiger partial charge in [-0.2, -0.15) is 11.8 Å². The number of halogens is 2. The number of hydrogen-bond donors (Lipinski definition) is 2. The fourth-order valence-corrected chi connectivity index (χ4v) is 8.53. The number of amides is 3. The van der Waals surface area contributed by atoms with Gasteiger partial charge in [-0.1, -0.05) is 64.9 Å². The van der Waals surface area contributed by atoms with Crippen LogP contribution in [-0.2, 0) is 49.2 Å². The third-order valence-corrected chi connectivity index (χ3v) is 12.7. The Morgan fingerprint density at radius 1 is 1.17 bits per heavy atom. The van der Waals surface area contributed by atoms with Crippen LogP contribution in [0.25, 0.3) is 0 Å². The number of carbonyl (C=O) groups excluding carboxylic acids is 4. The van der Waals surface area contributed by atoms with E-state index in [0.29, 0.717) is 55.8 Å². The van der Waals surface area contributed by atoms with E-state index in [9.17, 15) is 24.3 Å². The number of benzene rings is 1. The Balaban J connectivity index is 1.57. The van der Waals surface area contributed by atoms with Gasteiger partial charge in [0, 0.05) is 55.9 Å². The van der Waals surface area contributed by atoms with Crippen molar-refractivity contribution in [2.75, 3.05) is 75.6 Å². The van der Waals surface area contributed by atoms with Crippen molar-refractivity contribution in [2.45, 2.75) is 95.2 Å². The topological polar surface area (TPSA) is 175 Å². The molecule has 3 heterocycles. The molecule has 0 radical (unpaired) electrons. The first-order valence-electron chi connectivity index (χ1n) is 19.6. The zero-order valence-corrected chi connectivity index (χ0v) is 38.9. The number of hydrogen-bond acceptors (Lipinski definition) is 13. The van der Waals surface area contributed by atoms with E-state index >= 15 is 0 Å². The summed E-state index contributed by atoms with van der Waals surface area (Å²) in [7, 11) is 6.04. The SMILES string of the molecule is COc1cc2cc(c1Cl)N(C)C(=O)C[C@H](OC(=O)[C@H](C)N(C)C(=O)CCSCCOCCOCCI)[C@]1(C)O[C@H]1[C@H](C)[C@@H]1C[C@@](O)(NC(=O)O1)[C@H](OC)/C=C/C=C(\C)C2. The molecule has 0 aromatic heterocycles. The Bertz CT molecular complexity index is 1700. The van der Waals surface area contributed by atoms with Crippen LogP contribution in [-0.4, -0.2) is 146 Å². The molecule has 2 saturated heterocycles. The van der Waals surface area contributed by atoms with E-state index in [4.69, 9.17) is 44.8 Å². The molecule has 1 aromatic rings. The number of nitrogens with one attached hydrogen (secondary N) is 1. The molecule has 15 nitrogen and oxygen atoms in total. The van der Waals surface area contributed by atoms with Gasteiger partial charge in [-0.3, -0.25) is 14.9 Å². The molecule has 0 spiro atoms. The predicted octanol–water partition coefficient (Wildman–Crippen LogP) is 5.11. The summed E-state index contributed by atoms with van der Waals surface area (Å²) in [6.07, 6.45) is 1.10. The molecule has 8 atom stereocenters. The van der Waals surface area contributed by atoms with Gasteiger partial charge in [0.1, 0.15) is 40.7 Å². The number of alkyl halides is 1. The highest BCUT2D eigenvalue weighted by Crippen LogP contribution is 2.49. The highest BCUT2D eigenvalue weighted by molar-refractivity contribution is 14.1. The van der Waals surface area contributed by atoms with E-state index in [2.05, 4.69) is 27.9 Å². The molecule has 4 rings (SSSR count).